The molecule has 0 radical (unpaired) electrons. The standard InChI is InChI=1S/C16H6F4I2O4/c1-2-5-3-6(21)4-7(22)14(5)26-16(25)9-8(15(23)24)10(17)12(19)13(20)11(9)18/h2-4H,1H2,(H,23,24). The van der Waals surface area contributed by atoms with Gasteiger partial charge in [0.15, 0.2) is 29.0 Å². The maximum atomic E-state index is 14.0. The van der Waals surface area contributed by atoms with E-state index in [1.165, 1.54) is 6.08 Å². The maximum Gasteiger partial charge on any atom is 0.347 e. The van der Waals surface area contributed by atoms with Gasteiger partial charge in [0, 0.05) is 9.13 Å². The normalized spacial score (nSPS) is 10.5. The van der Waals surface area contributed by atoms with Gasteiger partial charge in [0.1, 0.15) is 11.1 Å². The third-order valence-corrected chi connectivity index (χ3v) is 4.56. The van der Waals surface area contributed by atoms with Crippen molar-refractivity contribution in [1.29, 1.82) is 0 Å². The third-order valence-electron chi connectivity index (χ3n) is 3.14. The summed E-state index contributed by atoms with van der Waals surface area (Å²) in [4.78, 5) is 23.4. The Kier molecular flexibility index (Phi) is 6.26. The van der Waals surface area contributed by atoms with Crippen LogP contribution in [0.15, 0.2) is 18.7 Å². The number of carbonyl (C=O) groups is 2. The minimum atomic E-state index is -2.34. The lowest BCUT2D eigenvalue weighted by atomic mass is 10.0. The molecule has 0 spiro atoms. The Balaban J connectivity index is 2.66. The zero-order chi connectivity index (χ0) is 19.8. The Bertz CT molecular complexity index is 960. The van der Waals surface area contributed by atoms with Gasteiger partial charge in [-0.05, 0) is 57.3 Å². The molecule has 0 heterocycles. The Labute approximate surface area is 171 Å². The zero-order valence-electron chi connectivity index (χ0n) is 12.4. The van der Waals surface area contributed by atoms with Gasteiger partial charge in [-0.2, -0.15) is 0 Å². The average Bonchev–Trinajstić information content (AvgIpc) is 2.57. The van der Waals surface area contributed by atoms with Crippen LogP contribution in [0, 0.1) is 30.4 Å². The smallest absolute Gasteiger partial charge is 0.347 e. The summed E-state index contributed by atoms with van der Waals surface area (Å²) in [5.74, 6) is -13.0. The molecular weight excluding hydrogens is 586 g/mol. The van der Waals surface area contributed by atoms with Gasteiger partial charge in [0.25, 0.3) is 0 Å². The van der Waals surface area contributed by atoms with Crippen molar-refractivity contribution in [1.82, 2.24) is 0 Å². The van der Waals surface area contributed by atoms with Gasteiger partial charge >= 0.3 is 11.9 Å². The molecule has 26 heavy (non-hydrogen) atoms. The molecule has 2 aromatic carbocycles. The fourth-order valence-electron chi connectivity index (χ4n) is 2.01. The molecule has 2 aromatic rings. The van der Waals surface area contributed by atoms with Crippen LogP contribution in [-0.2, 0) is 0 Å². The van der Waals surface area contributed by atoms with Crippen molar-refractivity contribution in [2.45, 2.75) is 0 Å². The number of benzene rings is 2. The minimum absolute atomic E-state index is 0.119. The highest BCUT2D eigenvalue weighted by Crippen LogP contribution is 2.31. The van der Waals surface area contributed by atoms with Gasteiger partial charge in [-0.1, -0.05) is 12.7 Å². The number of aromatic carboxylic acids is 1. The predicted molar refractivity (Wildman–Crippen MR) is 100 cm³/mol. The van der Waals surface area contributed by atoms with Crippen LogP contribution in [0.1, 0.15) is 26.3 Å². The Morgan fingerprint density at radius 2 is 1.54 bits per heavy atom. The molecule has 1 N–H and O–H groups in total. The van der Waals surface area contributed by atoms with Crippen molar-refractivity contribution in [3.8, 4) is 5.75 Å². The first-order valence-corrected chi connectivity index (χ1v) is 8.68. The Morgan fingerprint density at radius 1 is 1.00 bits per heavy atom. The number of hydrogen-bond donors (Lipinski definition) is 1. The van der Waals surface area contributed by atoms with Gasteiger partial charge in [-0.15, -0.1) is 0 Å². The predicted octanol–water partition coefficient (Wildman–Crippen LogP) is 5.01. The second-order valence-corrected chi connectivity index (χ2v) is 7.12. The van der Waals surface area contributed by atoms with E-state index in [4.69, 9.17) is 9.84 Å². The van der Waals surface area contributed by atoms with E-state index < -0.39 is 46.3 Å². The Morgan fingerprint density at radius 3 is 2.04 bits per heavy atom. The van der Waals surface area contributed by atoms with Crippen molar-refractivity contribution in [3.05, 3.63) is 65.8 Å². The van der Waals surface area contributed by atoms with Crippen molar-refractivity contribution in [2.24, 2.45) is 0 Å². The van der Waals surface area contributed by atoms with Crippen molar-refractivity contribution in [2.75, 3.05) is 0 Å². The molecule has 0 aliphatic rings. The van der Waals surface area contributed by atoms with E-state index >= 15 is 0 Å². The molecule has 0 aromatic heterocycles. The summed E-state index contributed by atoms with van der Waals surface area (Å²) in [5.41, 5.74) is -2.92. The van der Waals surface area contributed by atoms with Crippen LogP contribution in [0.3, 0.4) is 0 Å². The summed E-state index contributed by atoms with van der Waals surface area (Å²) in [7, 11) is 0. The van der Waals surface area contributed by atoms with E-state index in [1.54, 1.807) is 34.7 Å². The summed E-state index contributed by atoms with van der Waals surface area (Å²) in [6.07, 6.45) is 1.31. The first-order valence-electron chi connectivity index (χ1n) is 6.53. The molecule has 2 rings (SSSR count). The number of hydrogen-bond acceptors (Lipinski definition) is 3. The van der Waals surface area contributed by atoms with Crippen LogP contribution in [0.2, 0.25) is 0 Å². The first-order chi connectivity index (χ1) is 12.1. The summed E-state index contributed by atoms with van der Waals surface area (Å²) < 4.78 is 60.6. The molecule has 0 amide bonds. The molecule has 0 atom stereocenters. The van der Waals surface area contributed by atoms with Crippen LogP contribution >= 0.6 is 45.2 Å². The number of carboxylic acids is 1. The largest absolute Gasteiger partial charge is 0.478 e. The minimum Gasteiger partial charge on any atom is -0.478 e. The quantitative estimate of drug-likeness (QED) is 0.136. The van der Waals surface area contributed by atoms with Crippen molar-refractivity contribution >= 4 is 63.2 Å². The number of esters is 1. The summed E-state index contributed by atoms with van der Waals surface area (Å²) in [6, 6.07) is 3.13. The van der Waals surface area contributed by atoms with Crippen LogP contribution in [0.5, 0.6) is 5.75 Å². The van der Waals surface area contributed by atoms with Gasteiger partial charge in [-0.25, -0.2) is 27.2 Å². The van der Waals surface area contributed by atoms with Crippen LogP contribution in [-0.4, -0.2) is 17.0 Å². The van der Waals surface area contributed by atoms with Crippen LogP contribution in [0.25, 0.3) is 6.08 Å². The fourth-order valence-corrected chi connectivity index (χ4v) is 4.01. The molecule has 10 heteroatoms. The number of halogens is 6. The lowest BCUT2D eigenvalue weighted by Gasteiger charge is -2.13. The number of carboxylic acid groups (broad SMARTS) is 1. The topological polar surface area (TPSA) is 63.6 Å². The highest BCUT2D eigenvalue weighted by atomic mass is 127. The van der Waals surface area contributed by atoms with E-state index in [1.807, 2.05) is 22.6 Å². The maximum absolute atomic E-state index is 14.0. The molecular formula is C16H6F4I2O4. The second-order valence-electron chi connectivity index (χ2n) is 4.71. The van der Waals surface area contributed by atoms with E-state index in [0.29, 0.717) is 9.13 Å². The number of rotatable bonds is 4. The molecule has 0 bridgehead atoms. The molecule has 0 aliphatic carbocycles. The molecule has 0 aliphatic heterocycles. The average molecular weight is 592 g/mol. The first kappa shape index (κ1) is 20.6. The summed E-state index contributed by atoms with van der Waals surface area (Å²) in [5, 5.41) is 8.97. The van der Waals surface area contributed by atoms with Gasteiger partial charge in [0.05, 0.1) is 3.57 Å². The van der Waals surface area contributed by atoms with Crippen molar-refractivity contribution < 1.29 is 37.0 Å². The highest BCUT2D eigenvalue weighted by Gasteiger charge is 2.34. The lowest BCUT2D eigenvalue weighted by molar-refractivity contribution is 0.0655. The molecule has 136 valence electrons. The lowest BCUT2D eigenvalue weighted by Crippen LogP contribution is -2.21. The van der Waals surface area contributed by atoms with E-state index in [2.05, 4.69) is 6.58 Å². The van der Waals surface area contributed by atoms with E-state index in [9.17, 15) is 27.2 Å². The molecule has 0 saturated carbocycles. The van der Waals surface area contributed by atoms with Gasteiger partial charge in [-0.3, -0.25) is 0 Å². The van der Waals surface area contributed by atoms with Gasteiger partial charge in [0.2, 0.25) is 0 Å². The second kappa shape index (κ2) is 7.90. The highest BCUT2D eigenvalue weighted by molar-refractivity contribution is 14.1. The molecule has 0 fully saturated rings. The number of carbonyl (C=O) groups excluding carboxylic acids is 1. The van der Waals surface area contributed by atoms with E-state index in [-0.39, 0.29) is 5.75 Å². The Hall–Kier alpha value is -1.70. The molecule has 0 saturated heterocycles. The van der Waals surface area contributed by atoms with Crippen LogP contribution in [0.4, 0.5) is 17.6 Å². The zero-order valence-corrected chi connectivity index (χ0v) is 16.7. The van der Waals surface area contributed by atoms with E-state index in [0.717, 1.165) is 3.57 Å². The van der Waals surface area contributed by atoms with Crippen molar-refractivity contribution in [3.63, 3.8) is 0 Å². The summed E-state index contributed by atoms with van der Waals surface area (Å²) in [6.45, 7) is 3.52. The van der Waals surface area contributed by atoms with Crippen LogP contribution < -0.4 is 4.74 Å². The fraction of sp³-hybridized carbons (Fsp3) is 0. The molecule has 4 nitrogen and oxygen atoms in total. The monoisotopic (exact) mass is 592 g/mol. The number of ether oxygens (including phenoxy) is 1. The third kappa shape index (κ3) is 3.70. The SMILES string of the molecule is C=Cc1cc(I)cc(I)c1OC(=O)c1c(F)c(F)c(F)c(F)c1C(=O)O. The van der Waals surface area contributed by atoms with Gasteiger partial charge < -0.3 is 9.84 Å². The molecule has 0 unspecified atom stereocenters. The summed E-state index contributed by atoms with van der Waals surface area (Å²) >= 11 is 3.77.